The van der Waals surface area contributed by atoms with Crippen LogP contribution in [0.15, 0.2) is 72.8 Å². The van der Waals surface area contributed by atoms with Gasteiger partial charge < -0.3 is 20.4 Å². The zero-order valence-corrected chi connectivity index (χ0v) is 17.4. The molecule has 2 heterocycles. The van der Waals surface area contributed by atoms with E-state index < -0.39 is 0 Å². The minimum absolute atomic E-state index is 0.175. The number of H-pyrrole nitrogens is 1. The maximum Gasteiger partial charge on any atom is 0.250 e. The first-order chi connectivity index (χ1) is 15.2. The van der Waals surface area contributed by atoms with E-state index in [9.17, 15) is 4.79 Å². The highest BCUT2D eigenvalue weighted by atomic mass is 16.5. The number of fused-ring (bicyclic) bond motifs is 2. The van der Waals surface area contributed by atoms with Crippen molar-refractivity contribution in [3.8, 4) is 0 Å². The number of hydrogen-bond donors (Lipinski definition) is 3. The highest BCUT2D eigenvalue weighted by molar-refractivity contribution is 6.14. The molecule has 1 amide bonds. The third-order valence-corrected chi connectivity index (χ3v) is 5.70. The highest BCUT2D eigenvalue weighted by Gasteiger charge is 2.27. The van der Waals surface area contributed by atoms with Crippen LogP contribution in [0.4, 0.5) is 11.4 Å². The van der Waals surface area contributed by atoms with Crippen LogP contribution in [-0.2, 0) is 9.53 Å². The molecule has 0 saturated carbocycles. The van der Waals surface area contributed by atoms with Crippen LogP contribution in [0, 0.1) is 6.92 Å². The molecule has 0 spiro atoms. The molecule has 5 heteroatoms. The number of carbonyl (C=O) groups is 1. The molecular weight excluding hydrogens is 386 g/mol. The monoisotopic (exact) mass is 409 g/mol. The van der Waals surface area contributed by atoms with Gasteiger partial charge in [-0.25, -0.2) is 0 Å². The smallest absolute Gasteiger partial charge is 0.250 e. The molecule has 0 saturated heterocycles. The van der Waals surface area contributed by atoms with E-state index in [0.29, 0.717) is 0 Å². The number of methoxy groups -OCH3 is 1. The summed E-state index contributed by atoms with van der Waals surface area (Å²) in [5, 5.41) is 10.2. The Morgan fingerprint density at radius 2 is 1.68 bits per heavy atom. The zero-order valence-electron chi connectivity index (χ0n) is 17.4. The average Bonchev–Trinajstić information content (AvgIpc) is 3.33. The van der Waals surface area contributed by atoms with Gasteiger partial charge in [0.05, 0.1) is 10.7 Å². The number of aromatic amines is 1. The number of ether oxygens (including phenoxy) is 1. The number of carbonyl (C=O) groups excluding carboxylic acids is 1. The highest BCUT2D eigenvalue weighted by Crippen LogP contribution is 2.33. The molecule has 0 bridgehead atoms. The van der Waals surface area contributed by atoms with E-state index in [2.05, 4.69) is 27.8 Å². The quantitative estimate of drug-likeness (QED) is 0.485. The van der Waals surface area contributed by atoms with Crippen LogP contribution in [-0.4, -0.2) is 24.2 Å². The fourth-order valence-corrected chi connectivity index (χ4v) is 4.19. The molecule has 31 heavy (non-hydrogen) atoms. The Kier molecular flexibility index (Phi) is 4.81. The standard InChI is InChI=1S/C26H23N3O2/c1-16-9-3-7-13-20(16)27-23(30)15-22-17-10-4-5-11-18(17)25(28-22)24-19-12-6-8-14-21(19)29-26(24)31-2/h3-15,26,28-29H,1-2H3,(H,27,30)/b22-15+,25-24+. The number of amides is 1. The molecule has 3 aromatic carbocycles. The Morgan fingerprint density at radius 1 is 0.968 bits per heavy atom. The lowest BCUT2D eigenvalue weighted by atomic mass is 10.0. The van der Waals surface area contributed by atoms with Gasteiger partial charge in [0, 0.05) is 46.5 Å². The largest absolute Gasteiger partial charge is 0.357 e. The number of benzene rings is 3. The predicted octanol–water partition coefficient (Wildman–Crippen LogP) is 3.49. The lowest BCUT2D eigenvalue weighted by Crippen LogP contribution is -2.25. The Labute approximate surface area is 180 Å². The topological polar surface area (TPSA) is 66.1 Å². The maximum absolute atomic E-state index is 12.8. The van der Waals surface area contributed by atoms with Crippen molar-refractivity contribution in [3.63, 3.8) is 0 Å². The molecule has 5 nitrogen and oxygen atoms in total. The fraction of sp³-hybridized carbons (Fsp3) is 0.115. The fourth-order valence-electron chi connectivity index (χ4n) is 4.19. The van der Waals surface area contributed by atoms with Crippen molar-refractivity contribution in [1.29, 1.82) is 0 Å². The molecule has 0 aliphatic carbocycles. The van der Waals surface area contributed by atoms with E-state index in [4.69, 9.17) is 4.74 Å². The number of aromatic nitrogens is 1. The van der Waals surface area contributed by atoms with Gasteiger partial charge in [0.15, 0.2) is 6.23 Å². The van der Waals surface area contributed by atoms with Crippen molar-refractivity contribution in [2.24, 2.45) is 0 Å². The number of aryl methyl sites for hydroxylation is 1. The number of rotatable bonds is 3. The van der Waals surface area contributed by atoms with Gasteiger partial charge in [0.2, 0.25) is 5.91 Å². The summed E-state index contributed by atoms with van der Waals surface area (Å²) < 4.78 is 5.73. The first kappa shape index (κ1) is 19.2. The van der Waals surface area contributed by atoms with Crippen molar-refractivity contribution >= 4 is 39.7 Å². The van der Waals surface area contributed by atoms with Crippen molar-refractivity contribution in [1.82, 2.24) is 4.98 Å². The molecule has 1 atom stereocenters. The molecule has 3 N–H and O–H groups in total. The zero-order chi connectivity index (χ0) is 21.4. The predicted molar refractivity (Wildman–Crippen MR) is 125 cm³/mol. The average molecular weight is 409 g/mol. The number of anilines is 2. The van der Waals surface area contributed by atoms with Crippen LogP contribution >= 0.6 is 0 Å². The van der Waals surface area contributed by atoms with Gasteiger partial charge in [-0.2, -0.15) is 0 Å². The molecule has 0 radical (unpaired) electrons. The number of para-hydroxylation sites is 2. The molecule has 154 valence electrons. The van der Waals surface area contributed by atoms with Crippen molar-refractivity contribution in [2.45, 2.75) is 13.2 Å². The van der Waals surface area contributed by atoms with Gasteiger partial charge >= 0.3 is 0 Å². The minimum atomic E-state index is -0.270. The van der Waals surface area contributed by atoms with E-state index in [1.807, 2.05) is 67.6 Å². The lowest BCUT2D eigenvalue weighted by Gasteiger charge is -2.10. The molecule has 1 aromatic heterocycles. The Balaban J connectivity index is 1.70. The first-order valence-electron chi connectivity index (χ1n) is 10.2. The van der Waals surface area contributed by atoms with Gasteiger partial charge in [0.25, 0.3) is 0 Å². The summed E-state index contributed by atoms with van der Waals surface area (Å²) in [6.07, 6.45) is 1.35. The van der Waals surface area contributed by atoms with Crippen molar-refractivity contribution < 1.29 is 9.53 Å². The SMILES string of the molecule is COC1Nc2ccccc2/C1=c1\[nH]/c(=C/C(=O)Nc2ccccc2C)c2ccccc12. The van der Waals surface area contributed by atoms with Crippen molar-refractivity contribution in [3.05, 3.63) is 94.6 Å². The minimum Gasteiger partial charge on any atom is -0.357 e. The second-order valence-corrected chi connectivity index (χ2v) is 7.63. The van der Waals surface area contributed by atoms with Crippen LogP contribution in [0.1, 0.15) is 11.1 Å². The van der Waals surface area contributed by atoms with Crippen LogP contribution in [0.2, 0.25) is 0 Å². The van der Waals surface area contributed by atoms with Gasteiger partial charge in [-0.3, -0.25) is 4.79 Å². The second-order valence-electron chi connectivity index (χ2n) is 7.63. The van der Waals surface area contributed by atoms with Gasteiger partial charge in [-0.15, -0.1) is 0 Å². The molecule has 1 aliphatic heterocycles. The van der Waals surface area contributed by atoms with Crippen LogP contribution in [0.3, 0.4) is 0 Å². The number of nitrogens with one attached hydrogen (secondary N) is 3. The molecule has 5 rings (SSSR count). The molecule has 1 aliphatic rings. The maximum atomic E-state index is 12.8. The summed E-state index contributed by atoms with van der Waals surface area (Å²) >= 11 is 0. The van der Waals surface area contributed by atoms with Crippen LogP contribution in [0.5, 0.6) is 0 Å². The van der Waals surface area contributed by atoms with Crippen LogP contribution < -0.4 is 21.3 Å². The summed E-state index contributed by atoms with van der Waals surface area (Å²) in [5.41, 5.74) is 4.99. The Morgan fingerprint density at radius 3 is 2.48 bits per heavy atom. The summed E-state index contributed by atoms with van der Waals surface area (Å²) in [6, 6.07) is 24.0. The van der Waals surface area contributed by atoms with Gasteiger partial charge in [-0.1, -0.05) is 60.7 Å². The van der Waals surface area contributed by atoms with E-state index in [1.54, 1.807) is 13.2 Å². The Hall–Kier alpha value is -3.83. The summed E-state index contributed by atoms with van der Waals surface area (Å²) in [4.78, 5) is 16.3. The van der Waals surface area contributed by atoms with E-state index in [0.717, 1.165) is 49.5 Å². The normalized spacial score (nSPS) is 17.5. The lowest BCUT2D eigenvalue weighted by molar-refractivity contribution is -0.110. The molecule has 0 fully saturated rings. The van der Waals surface area contributed by atoms with Crippen LogP contribution in [0.25, 0.3) is 22.4 Å². The Bertz CT molecular complexity index is 1420. The second kappa shape index (κ2) is 7.78. The first-order valence-corrected chi connectivity index (χ1v) is 10.2. The summed E-state index contributed by atoms with van der Waals surface area (Å²) in [5.74, 6) is -0.175. The van der Waals surface area contributed by atoms with E-state index >= 15 is 0 Å². The van der Waals surface area contributed by atoms with Gasteiger partial charge in [0.1, 0.15) is 0 Å². The number of hydrogen-bond acceptors (Lipinski definition) is 3. The molecular formula is C26H23N3O2. The molecule has 4 aromatic rings. The van der Waals surface area contributed by atoms with E-state index in [-0.39, 0.29) is 12.1 Å². The third-order valence-electron chi connectivity index (χ3n) is 5.70. The van der Waals surface area contributed by atoms with Crippen molar-refractivity contribution in [2.75, 3.05) is 17.7 Å². The summed E-state index contributed by atoms with van der Waals surface area (Å²) in [7, 11) is 1.69. The van der Waals surface area contributed by atoms with Gasteiger partial charge in [-0.05, 0) is 24.6 Å². The molecule has 1 unspecified atom stereocenters. The summed E-state index contributed by atoms with van der Waals surface area (Å²) in [6.45, 7) is 1.98. The van der Waals surface area contributed by atoms with E-state index in [1.165, 1.54) is 0 Å². The third kappa shape index (κ3) is 3.39.